The summed E-state index contributed by atoms with van der Waals surface area (Å²) < 4.78 is 30.8. The smallest absolute Gasteiger partial charge is 0.254 e. The third-order valence-corrected chi connectivity index (χ3v) is 7.92. The molecule has 8 nitrogen and oxygen atoms in total. The van der Waals surface area contributed by atoms with Gasteiger partial charge in [0.25, 0.3) is 5.91 Å². The van der Waals surface area contributed by atoms with Gasteiger partial charge < -0.3 is 9.84 Å². The molecular formula is C22H26N4O4S2. The fourth-order valence-electron chi connectivity index (χ4n) is 3.02. The molecule has 1 amide bonds. The summed E-state index contributed by atoms with van der Waals surface area (Å²) in [4.78, 5) is 17.5. The lowest BCUT2D eigenvalue weighted by Crippen LogP contribution is -2.27. The van der Waals surface area contributed by atoms with Crippen LogP contribution >= 0.6 is 11.8 Å². The minimum Gasteiger partial charge on any atom is -0.361 e. The van der Waals surface area contributed by atoms with Crippen molar-refractivity contribution in [2.24, 2.45) is 0 Å². The van der Waals surface area contributed by atoms with E-state index in [1.807, 2.05) is 20.8 Å². The molecular weight excluding hydrogens is 448 g/mol. The van der Waals surface area contributed by atoms with Crippen molar-refractivity contribution in [3.63, 3.8) is 0 Å². The molecule has 170 valence electrons. The van der Waals surface area contributed by atoms with Gasteiger partial charge in [0.2, 0.25) is 10.0 Å². The zero-order valence-corrected chi connectivity index (χ0v) is 20.3. The fraction of sp³-hybridized carbons (Fsp3) is 0.318. The number of hydrogen-bond donors (Lipinski definition) is 1. The lowest BCUT2D eigenvalue weighted by atomic mass is 10.1. The van der Waals surface area contributed by atoms with Gasteiger partial charge in [0.15, 0.2) is 0 Å². The molecule has 0 spiro atoms. The first-order valence-corrected chi connectivity index (χ1v) is 12.4. The number of aromatic nitrogens is 2. The number of rotatable bonds is 8. The average Bonchev–Trinajstić information content (AvgIpc) is 3.09. The van der Waals surface area contributed by atoms with Crippen LogP contribution in [0, 0.1) is 13.8 Å². The number of hydrogen-bond acceptors (Lipinski definition) is 7. The van der Waals surface area contributed by atoms with E-state index in [0.717, 1.165) is 26.9 Å². The summed E-state index contributed by atoms with van der Waals surface area (Å²) >= 11 is 1.45. The zero-order chi connectivity index (χ0) is 23.5. The van der Waals surface area contributed by atoms with E-state index in [0.29, 0.717) is 16.3 Å². The summed E-state index contributed by atoms with van der Waals surface area (Å²) in [6.07, 6.45) is 1.65. The van der Waals surface area contributed by atoms with E-state index in [1.165, 1.54) is 25.9 Å². The molecule has 1 N–H and O–H groups in total. The number of carbonyl (C=O) groups excluding carboxylic acids is 1. The molecule has 0 fully saturated rings. The van der Waals surface area contributed by atoms with Gasteiger partial charge in [-0.05, 0) is 50.6 Å². The number of sulfonamides is 1. The highest BCUT2D eigenvalue weighted by Crippen LogP contribution is 2.27. The first-order valence-electron chi connectivity index (χ1n) is 9.94. The SMILES string of the molecule is Cc1noc(C)c1CSc1ncccc1C(=O)NC(C)c1ccc(S(=O)(=O)N(C)C)cc1. The van der Waals surface area contributed by atoms with E-state index in [1.54, 1.807) is 42.6 Å². The highest BCUT2D eigenvalue weighted by molar-refractivity contribution is 7.98. The highest BCUT2D eigenvalue weighted by atomic mass is 32.2. The van der Waals surface area contributed by atoms with Crippen LogP contribution in [0.4, 0.5) is 0 Å². The molecule has 3 rings (SSSR count). The number of pyridine rings is 1. The molecule has 2 heterocycles. The maximum atomic E-state index is 13.0. The number of nitrogens with one attached hydrogen (secondary N) is 1. The second-order valence-corrected chi connectivity index (χ2v) is 10.6. The van der Waals surface area contributed by atoms with Crippen LogP contribution in [0.3, 0.4) is 0 Å². The Morgan fingerprint density at radius 2 is 1.88 bits per heavy atom. The summed E-state index contributed by atoms with van der Waals surface area (Å²) in [5.41, 5.74) is 3.09. The Morgan fingerprint density at radius 3 is 2.47 bits per heavy atom. The predicted octanol–water partition coefficient (Wildman–Crippen LogP) is 3.72. The van der Waals surface area contributed by atoms with Crippen LogP contribution < -0.4 is 5.32 Å². The summed E-state index contributed by atoms with van der Waals surface area (Å²) in [7, 11) is -0.524. The van der Waals surface area contributed by atoms with Gasteiger partial charge in [0, 0.05) is 31.6 Å². The summed E-state index contributed by atoms with van der Waals surface area (Å²) in [6, 6.07) is 9.64. The molecule has 1 aromatic carbocycles. The van der Waals surface area contributed by atoms with Gasteiger partial charge >= 0.3 is 0 Å². The Hall–Kier alpha value is -2.69. The van der Waals surface area contributed by atoms with Gasteiger partial charge in [-0.15, -0.1) is 11.8 Å². The number of benzene rings is 1. The Kier molecular flexibility index (Phi) is 7.37. The Morgan fingerprint density at radius 1 is 1.19 bits per heavy atom. The van der Waals surface area contributed by atoms with Crippen molar-refractivity contribution in [2.45, 2.75) is 42.5 Å². The number of nitrogens with zero attached hydrogens (tertiary/aromatic N) is 3. The van der Waals surface area contributed by atoms with Gasteiger partial charge in [-0.1, -0.05) is 17.3 Å². The fourth-order valence-corrected chi connectivity index (χ4v) is 5.07. The molecule has 0 aliphatic carbocycles. The van der Waals surface area contributed by atoms with E-state index in [4.69, 9.17) is 4.52 Å². The molecule has 3 aromatic rings. The summed E-state index contributed by atoms with van der Waals surface area (Å²) in [5, 5.41) is 7.54. The van der Waals surface area contributed by atoms with Crippen LogP contribution in [-0.2, 0) is 15.8 Å². The van der Waals surface area contributed by atoms with E-state index in [2.05, 4.69) is 15.5 Å². The quantitative estimate of drug-likeness (QED) is 0.496. The van der Waals surface area contributed by atoms with Crippen molar-refractivity contribution in [3.05, 3.63) is 70.7 Å². The first-order chi connectivity index (χ1) is 15.1. The second-order valence-electron chi connectivity index (χ2n) is 7.50. The van der Waals surface area contributed by atoms with Crippen molar-refractivity contribution >= 4 is 27.7 Å². The number of carbonyl (C=O) groups is 1. The molecule has 0 aliphatic rings. The van der Waals surface area contributed by atoms with E-state index < -0.39 is 10.0 Å². The molecule has 32 heavy (non-hydrogen) atoms. The zero-order valence-electron chi connectivity index (χ0n) is 18.6. The predicted molar refractivity (Wildman–Crippen MR) is 123 cm³/mol. The van der Waals surface area contributed by atoms with Crippen molar-refractivity contribution in [2.75, 3.05) is 14.1 Å². The third kappa shape index (κ3) is 5.20. The molecule has 0 saturated heterocycles. The van der Waals surface area contributed by atoms with Crippen molar-refractivity contribution < 1.29 is 17.7 Å². The van der Waals surface area contributed by atoms with E-state index >= 15 is 0 Å². The molecule has 0 saturated carbocycles. The minimum atomic E-state index is -3.50. The minimum absolute atomic E-state index is 0.204. The molecule has 2 aromatic heterocycles. The normalized spacial score (nSPS) is 12.7. The maximum Gasteiger partial charge on any atom is 0.254 e. The molecule has 1 atom stereocenters. The average molecular weight is 475 g/mol. The second kappa shape index (κ2) is 9.85. The summed E-state index contributed by atoms with van der Waals surface area (Å²) in [6.45, 7) is 5.59. The van der Waals surface area contributed by atoms with Crippen molar-refractivity contribution in [1.82, 2.24) is 19.8 Å². The molecule has 1 unspecified atom stereocenters. The molecule has 0 bridgehead atoms. The van der Waals surface area contributed by atoms with Crippen LogP contribution in [-0.4, -0.2) is 42.9 Å². The topological polar surface area (TPSA) is 105 Å². The third-order valence-electron chi connectivity index (χ3n) is 5.06. The standard InChI is InChI=1S/C22H26N4O4S2/c1-14(17-8-10-18(11-9-17)32(28,29)26(4)5)24-21(27)19-7-6-12-23-22(19)31-13-20-15(2)25-30-16(20)3/h6-12,14H,13H2,1-5H3,(H,24,27). The van der Waals surface area contributed by atoms with Gasteiger partial charge in [0.1, 0.15) is 10.8 Å². The van der Waals surface area contributed by atoms with Crippen LogP contribution in [0.25, 0.3) is 0 Å². The van der Waals surface area contributed by atoms with Crippen molar-refractivity contribution in [1.29, 1.82) is 0 Å². The van der Waals surface area contributed by atoms with E-state index in [9.17, 15) is 13.2 Å². The van der Waals surface area contributed by atoms with Gasteiger partial charge in [-0.2, -0.15) is 0 Å². The van der Waals surface area contributed by atoms with Crippen LogP contribution in [0.5, 0.6) is 0 Å². The lowest BCUT2D eigenvalue weighted by molar-refractivity contribution is 0.0936. The Labute approximate surface area is 192 Å². The highest BCUT2D eigenvalue weighted by Gasteiger charge is 2.20. The Balaban J connectivity index is 1.72. The molecule has 0 radical (unpaired) electrons. The number of thioether (sulfide) groups is 1. The number of aryl methyl sites for hydroxylation is 2. The van der Waals surface area contributed by atoms with Gasteiger partial charge in [-0.3, -0.25) is 4.79 Å². The lowest BCUT2D eigenvalue weighted by Gasteiger charge is -2.17. The van der Waals surface area contributed by atoms with E-state index in [-0.39, 0.29) is 16.8 Å². The number of amides is 1. The van der Waals surface area contributed by atoms with Crippen LogP contribution in [0.1, 0.15) is 45.9 Å². The molecule has 10 heteroatoms. The Bertz CT molecular complexity index is 1190. The summed E-state index contributed by atoms with van der Waals surface area (Å²) in [5.74, 6) is 1.10. The van der Waals surface area contributed by atoms with Gasteiger partial charge in [0.05, 0.1) is 22.2 Å². The van der Waals surface area contributed by atoms with Crippen LogP contribution in [0.2, 0.25) is 0 Å². The van der Waals surface area contributed by atoms with Gasteiger partial charge in [-0.25, -0.2) is 17.7 Å². The monoisotopic (exact) mass is 474 g/mol. The van der Waals surface area contributed by atoms with Crippen LogP contribution in [0.15, 0.2) is 57.0 Å². The molecule has 0 aliphatic heterocycles. The first kappa shape index (κ1) is 24.0. The maximum absolute atomic E-state index is 13.0. The largest absolute Gasteiger partial charge is 0.361 e. The van der Waals surface area contributed by atoms with Crippen molar-refractivity contribution in [3.8, 4) is 0 Å².